The Hall–Kier alpha value is -1.57. The summed E-state index contributed by atoms with van der Waals surface area (Å²) in [6, 6.07) is 9.79. The standard InChI is InChI=1S/C15H19NO/c1-2-3-4-5-6-12-7-8-13-9-10-15(17)16-14(13)11-12/h7-11H,2-6H2,1H3,(H,16,17). The third kappa shape index (κ3) is 3.19. The molecule has 0 unspecified atom stereocenters. The van der Waals surface area contributed by atoms with Gasteiger partial charge in [-0.2, -0.15) is 0 Å². The lowest BCUT2D eigenvalue weighted by atomic mass is 10.0. The molecule has 0 radical (unpaired) electrons. The molecule has 1 heterocycles. The lowest BCUT2D eigenvalue weighted by Crippen LogP contribution is -2.02. The number of fused-ring (bicyclic) bond motifs is 1. The second-order valence-corrected chi connectivity index (χ2v) is 4.55. The van der Waals surface area contributed by atoms with E-state index in [4.69, 9.17) is 0 Å². The smallest absolute Gasteiger partial charge is 0.248 e. The van der Waals surface area contributed by atoms with Crippen LogP contribution in [0.2, 0.25) is 0 Å². The molecule has 1 aromatic carbocycles. The molecular formula is C15H19NO. The predicted octanol–water partition coefficient (Wildman–Crippen LogP) is 3.65. The van der Waals surface area contributed by atoms with Crippen molar-refractivity contribution >= 4 is 10.9 Å². The van der Waals surface area contributed by atoms with Crippen LogP contribution in [0.5, 0.6) is 0 Å². The van der Waals surface area contributed by atoms with Crippen molar-refractivity contribution in [2.24, 2.45) is 0 Å². The molecule has 0 aliphatic rings. The Balaban J connectivity index is 2.11. The quantitative estimate of drug-likeness (QED) is 0.780. The molecule has 2 rings (SSSR count). The first-order chi connectivity index (χ1) is 8.29. The van der Waals surface area contributed by atoms with Crippen molar-refractivity contribution in [2.45, 2.75) is 39.0 Å². The summed E-state index contributed by atoms with van der Waals surface area (Å²) in [4.78, 5) is 14.1. The van der Waals surface area contributed by atoms with E-state index in [1.165, 1.54) is 31.2 Å². The highest BCUT2D eigenvalue weighted by atomic mass is 16.1. The van der Waals surface area contributed by atoms with Crippen molar-refractivity contribution in [1.82, 2.24) is 4.98 Å². The predicted molar refractivity (Wildman–Crippen MR) is 72.4 cm³/mol. The summed E-state index contributed by atoms with van der Waals surface area (Å²) in [7, 11) is 0. The molecule has 0 saturated heterocycles. The van der Waals surface area contributed by atoms with Crippen LogP contribution < -0.4 is 5.56 Å². The lowest BCUT2D eigenvalue weighted by Gasteiger charge is -2.03. The molecule has 0 bridgehead atoms. The first-order valence-corrected chi connectivity index (χ1v) is 6.41. The Morgan fingerprint density at radius 3 is 2.71 bits per heavy atom. The zero-order chi connectivity index (χ0) is 12.1. The van der Waals surface area contributed by atoms with Gasteiger partial charge in [-0.3, -0.25) is 4.79 Å². The summed E-state index contributed by atoms with van der Waals surface area (Å²) in [6.45, 7) is 2.22. The molecule has 1 aromatic heterocycles. The van der Waals surface area contributed by atoms with Crippen LogP contribution in [0, 0.1) is 0 Å². The molecule has 1 N–H and O–H groups in total. The molecule has 0 saturated carbocycles. The molecule has 0 fully saturated rings. The van der Waals surface area contributed by atoms with Crippen LogP contribution >= 0.6 is 0 Å². The Morgan fingerprint density at radius 2 is 1.88 bits per heavy atom. The van der Waals surface area contributed by atoms with E-state index in [0.717, 1.165) is 17.3 Å². The minimum Gasteiger partial charge on any atom is -0.322 e. The number of aryl methyl sites for hydroxylation is 1. The van der Waals surface area contributed by atoms with Gasteiger partial charge in [0.2, 0.25) is 5.56 Å². The van der Waals surface area contributed by atoms with E-state index in [2.05, 4.69) is 30.1 Å². The Kier molecular flexibility index (Phi) is 3.97. The fourth-order valence-electron chi connectivity index (χ4n) is 2.11. The van der Waals surface area contributed by atoms with Gasteiger partial charge in [0, 0.05) is 11.6 Å². The molecule has 2 aromatic rings. The van der Waals surface area contributed by atoms with E-state index < -0.39 is 0 Å². The van der Waals surface area contributed by atoms with Gasteiger partial charge in [0.25, 0.3) is 0 Å². The lowest BCUT2D eigenvalue weighted by molar-refractivity contribution is 0.667. The summed E-state index contributed by atoms with van der Waals surface area (Å²) in [6.07, 6.45) is 6.21. The minimum atomic E-state index is -0.0272. The number of hydrogen-bond acceptors (Lipinski definition) is 1. The fraction of sp³-hybridized carbons (Fsp3) is 0.400. The number of nitrogens with one attached hydrogen (secondary N) is 1. The number of benzene rings is 1. The highest BCUT2D eigenvalue weighted by Gasteiger charge is 1.98. The van der Waals surface area contributed by atoms with E-state index in [9.17, 15) is 4.79 Å². The molecule has 0 aliphatic carbocycles. The molecule has 2 heteroatoms. The van der Waals surface area contributed by atoms with Gasteiger partial charge in [-0.1, -0.05) is 38.3 Å². The summed E-state index contributed by atoms with van der Waals surface area (Å²) in [5, 5.41) is 1.10. The second-order valence-electron chi connectivity index (χ2n) is 4.55. The van der Waals surface area contributed by atoms with E-state index in [0.29, 0.717) is 0 Å². The van der Waals surface area contributed by atoms with Crippen LogP contribution in [-0.2, 0) is 6.42 Å². The van der Waals surface area contributed by atoms with Crippen LogP contribution in [0.1, 0.15) is 38.2 Å². The van der Waals surface area contributed by atoms with Crippen LogP contribution in [0.4, 0.5) is 0 Å². The highest BCUT2D eigenvalue weighted by Crippen LogP contribution is 2.14. The fourth-order valence-corrected chi connectivity index (χ4v) is 2.11. The second kappa shape index (κ2) is 5.67. The molecule has 2 nitrogen and oxygen atoms in total. The number of H-pyrrole nitrogens is 1. The highest BCUT2D eigenvalue weighted by molar-refractivity contribution is 5.78. The van der Waals surface area contributed by atoms with Gasteiger partial charge < -0.3 is 4.98 Å². The maximum Gasteiger partial charge on any atom is 0.248 e. The molecule has 0 atom stereocenters. The number of pyridine rings is 1. The zero-order valence-electron chi connectivity index (χ0n) is 10.3. The Morgan fingerprint density at radius 1 is 1.06 bits per heavy atom. The minimum absolute atomic E-state index is 0.0272. The van der Waals surface area contributed by atoms with Crippen molar-refractivity contribution in [2.75, 3.05) is 0 Å². The van der Waals surface area contributed by atoms with Gasteiger partial charge in [0.1, 0.15) is 0 Å². The average molecular weight is 229 g/mol. The number of unbranched alkanes of at least 4 members (excludes halogenated alkanes) is 3. The van der Waals surface area contributed by atoms with Gasteiger partial charge in [-0.15, -0.1) is 0 Å². The molecule has 0 aliphatic heterocycles. The summed E-state index contributed by atoms with van der Waals surface area (Å²) < 4.78 is 0. The Labute approximate surface area is 102 Å². The van der Waals surface area contributed by atoms with Crippen LogP contribution in [-0.4, -0.2) is 4.98 Å². The van der Waals surface area contributed by atoms with Crippen molar-refractivity contribution in [1.29, 1.82) is 0 Å². The number of aromatic nitrogens is 1. The largest absolute Gasteiger partial charge is 0.322 e. The first kappa shape index (κ1) is 11.9. The van der Waals surface area contributed by atoms with Crippen LogP contribution in [0.25, 0.3) is 10.9 Å². The van der Waals surface area contributed by atoms with Crippen LogP contribution in [0.3, 0.4) is 0 Å². The Bertz CT molecular complexity index is 542. The van der Waals surface area contributed by atoms with Gasteiger partial charge in [-0.25, -0.2) is 0 Å². The molecule has 0 amide bonds. The maximum atomic E-state index is 11.2. The van der Waals surface area contributed by atoms with Gasteiger partial charge in [0.15, 0.2) is 0 Å². The average Bonchev–Trinajstić information content (AvgIpc) is 2.34. The monoisotopic (exact) mass is 229 g/mol. The van der Waals surface area contributed by atoms with Gasteiger partial charge in [-0.05, 0) is 35.9 Å². The number of aromatic amines is 1. The normalized spacial score (nSPS) is 10.9. The van der Waals surface area contributed by atoms with Crippen LogP contribution in [0.15, 0.2) is 35.1 Å². The van der Waals surface area contributed by atoms with Crippen molar-refractivity contribution in [3.05, 3.63) is 46.2 Å². The van der Waals surface area contributed by atoms with Crippen molar-refractivity contribution in [3.63, 3.8) is 0 Å². The van der Waals surface area contributed by atoms with Gasteiger partial charge in [0.05, 0.1) is 0 Å². The third-order valence-corrected chi connectivity index (χ3v) is 3.11. The molecule has 90 valence electrons. The maximum absolute atomic E-state index is 11.2. The first-order valence-electron chi connectivity index (χ1n) is 6.41. The van der Waals surface area contributed by atoms with Crippen molar-refractivity contribution in [3.8, 4) is 0 Å². The molecular weight excluding hydrogens is 210 g/mol. The van der Waals surface area contributed by atoms with Crippen molar-refractivity contribution < 1.29 is 0 Å². The van der Waals surface area contributed by atoms with Gasteiger partial charge >= 0.3 is 0 Å². The topological polar surface area (TPSA) is 32.9 Å². The summed E-state index contributed by atoms with van der Waals surface area (Å²) in [5.41, 5.74) is 2.24. The van der Waals surface area contributed by atoms with E-state index in [1.807, 2.05) is 6.07 Å². The van der Waals surface area contributed by atoms with E-state index in [-0.39, 0.29) is 5.56 Å². The summed E-state index contributed by atoms with van der Waals surface area (Å²) >= 11 is 0. The number of hydrogen-bond donors (Lipinski definition) is 1. The summed E-state index contributed by atoms with van der Waals surface area (Å²) in [5.74, 6) is 0. The molecule has 17 heavy (non-hydrogen) atoms. The number of rotatable bonds is 5. The third-order valence-electron chi connectivity index (χ3n) is 3.11. The zero-order valence-corrected chi connectivity index (χ0v) is 10.3. The SMILES string of the molecule is CCCCCCc1ccc2ccc(=O)[nH]c2c1. The molecule has 0 spiro atoms. The van der Waals surface area contributed by atoms with E-state index in [1.54, 1.807) is 6.07 Å². The van der Waals surface area contributed by atoms with E-state index >= 15 is 0 Å².